The van der Waals surface area contributed by atoms with Crippen LogP contribution in [-0.2, 0) is 9.59 Å². The lowest BCUT2D eigenvalue weighted by molar-refractivity contribution is -0.117. The molecular weight excluding hydrogens is 394 g/mol. The highest BCUT2D eigenvalue weighted by Crippen LogP contribution is 2.25. The molecule has 1 heterocycles. The molecule has 1 fully saturated rings. The topological polar surface area (TPSA) is 61.4 Å². The van der Waals surface area contributed by atoms with Crippen molar-refractivity contribution in [2.24, 2.45) is 0 Å². The fourth-order valence-electron chi connectivity index (χ4n) is 2.94. The fraction of sp³-hybridized carbons (Fsp3) is 0.300. The zero-order chi connectivity index (χ0) is 18.7. The third-order valence-electron chi connectivity index (χ3n) is 4.41. The number of nitrogens with one attached hydrogen (secondary N) is 2. The van der Waals surface area contributed by atoms with Gasteiger partial charge in [0.1, 0.15) is 6.04 Å². The minimum Gasteiger partial charge on any atom is -0.374 e. The Labute approximate surface area is 161 Å². The molecule has 26 heavy (non-hydrogen) atoms. The van der Waals surface area contributed by atoms with Gasteiger partial charge in [0.05, 0.1) is 5.69 Å². The fourth-order valence-corrected chi connectivity index (χ4v) is 3.53. The Morgan fingerprint density at radius 1 is 1.19 bits per heavy atom. The monoisotopic (exact) mass is 415 g/mol. The first-order valence-corrected chi connectivity index (χ1v) is 9.47. The molecule has 6 heteroatoms. The van der Waals surface area contributed by atoms with Gasteiger partial charge in [-0.1, -0.05) is 6.07 Å². The highest BCUT2D eigenvalue weighted by Gasteiger charge is 2.21. The first kappa shape index (κ1) is 18.5. The average molecular weight is 416 g/mol. The van der Waals surface area contributed by atoms with Crippen LogP contribution in [0.2, 0.25) is 0 Å². The van der Waals surface area contributed by atoms with Crippen molar-refractivity contribution in [1.29, 1.82) is 0 Å². The molecule has 0 saturated carbocycles. The second kappa shape index (κ2) is 7.91. The molecule has 2 amide bonds. The van der Waals surface area contributed by atoms with E-state index >= 15 is 0 Å². The van der Waals surface area contributed by atoms with Crippen LogP contribution in [0.25, 0.3) is 0 Å². The molecule has 0 radical (unpaired) electrons. The van der Waals surface area contributed by atoms with E-state index in [1.165, 1.54) is 0 Å². The number of nitrogens with zero attached hydrogens (tertiary/aromatic N) is 1. The van der Waals surface area contributed by atoms with Gasteiger partial charge < -0.3 is 15.5 Å². The van der Waals surface area contributed by atoms with Gasteiger partial charge in [0.2, 0.25) is 11.8 Å². The zero-order valence-corrected chi connectivity index (χ0v) is 16.5. The Morgan fingerprint density at radius 2 is 1.92 bits per heavy atom. The van der Waals surface area contributed by atoms with E-state index in [9.17, 15) is 9.59 Å². The van der Waals surface area contributed by atoms with Crippen LogP contribution in [0.15, 0.2) is 46.9 Å². The van der Waals surface area contributed by atoms with Gasteiger partial charge in [-0.25, -0.2) is 0 Å². The normalized spacial score (nSPS) is 15.0. The van der Waals surface area contributed by atoms with Crippen molar-refractivity contribution in [2.45, 2.75) is 32.7 Å². The maximum Gasteiger partial charge on any atom is 0.246 e. The summed E-state index contributed by atoms with van der Waals surface area (Å²) in [5, 5.41) is 6.11. The molecule has 0 spiro atoms. The number of carbonyl (C=O) groups is 2. The standard InChI is InChI=1S/C20H22BrN3O2/c1-13-5-10-18(17(21)12-13)23-20(26)14(2)22-15-6-8-16(9-7-15)24-11-3-4-19(24)25/h5-10,12,14,22H,3-4,11H2,1-2H3,(H,23,26)/t14-/m1/s1. The number of halogens is 1. The number of anilines is 3. The SMILES string of the molecule is Cc1ccc(NC(=O)[C@@H](C)Nc2ccc(N3CCCC3=O)cc2)c(Br)c1. The molecule has 1 saturated heterocycles. The van der Waals surface area contributed by atoms with Gasteiger partial charge >= 0.3 is 0 Å². The molecule has 0 aliphatic carbocycles. The molecule has 5 nitrogen and oxygen atoms in total. The largest absolute Gasteiger partial charge is 0.374 e. The molecule has 0 unspecified atom stereocenters. The maximum absolute atomic E-state index is 12.4. The van der Waals surface area contributed by atoms with Crippen molar-refractivity contribution in [2.75, 3.05) is 22.1 Å². The molecule has 2 aromatic rings. The third kappa shape index (κ3) is 4.25. The van der Waals surface area contributed by atoms with E-state index in [0.29, 0.717) is 6.42 Å². The highest BCUT2D eigenvalue weighted by atomic mass is 79.9. The van der Waals surface area contributed by atoms with Crippen molar-refractivity contribution >= 4 is 44.8 Å². The van der Waals surface area contributed by atoms with Crippen LogP contribution in [0.5, 0.6) is 0 Å². The Hall–Kier alpha value is -2.34. The van der Waals surface area contributed by atoms with Gasteiger partial charge in [0.25, 0.3) is 0 Å². The molecule has 0 bridgehead atoms. The van der Waals surface area contributed by atoms with Gasteiger partial charge in [-0.15, -0.1) is 0 Å². The van der Waals surface area contributed by atoms with E-state index in [2.05, 4.69) is 26.6 Å². The summed E-state index contributed by atoms with van der Waals surface area (Å²) in [7, 11) is 0. The summed E-state index contributed by atoms with van der Waals surface area (Å²) in [6.07, 6.45) is 1.52. The van der Waals surface area contributed by atoms with Crippen LogP contribution in [0.1, 0.15) is 25.3 Å². The lowest BCUT2D eigenvalue weighted by atomic mass is 10.2. The summed E-state index contributed by atoms with van der Waals surface area (Å²) in [6.45, 7) is 4.59. The smallest absolute Gasteiger partial charge is 0.246 e. The Balaban J connectivity index is 1.61. The summed E-state index contributed by atoms with van der Waals surface area (Å²) in [5.74, 6) is 0.0514. The molecular formula is C20H22BrN3O2. The third-order valence-corrected chi connectivity index (χ3v) is 5.07. The summed E-state index contributed by atoms with van der Waals surface area (Å²) < 4.78 is 0.859. The van der Waals surface area contributed by atoms with E-state index in [0.717, 1.165) is 40.1 Å². The molecule has 136 valence electrons. The van der Waals surface area contributed by atoms with Gasteiger partial charge in [-0.2, -0.15) is 0 Å². The average Bonchev–Trinajstić information content (AvgIpc) is 3.04. The number of hydrogen-bond acceptors (Lipinski definition) is 3. The van der Waals surface area contributed by atoms with Crippen molar-refractivity contribution in [3.63, 3.8) is 0 Å². The van der Waals surface area contributed by atoms with Gasteiger partial charge in [0.15, 0.2) is 0 Å². The van der Waals surface area contributed by atoms with Crippen LogP contribution in [0.4, 0.5) is 17.1 Å². The molecule has 3 rings (SSSR count). The van der Waals surface area contributed by atoms with Crippen molar-refractivity contribution in [3.05, 3.63) is 52.5 Å². The first-order chi connectivity index (χ1) is 12.4. The molecule has 2 aromatic carbocycles. The van der Waals surface area contributed by atoms with Crippen LogP contribution in [-0.4, -0.2) is 24.4 Å². The second-order valence-electron chi connectivity index (χ2n) is 6.53. The van der Waals surface area contributed by atoms with Crippen molar-refractivity contribution < 1.29 is 9.59 Å². The van der Waals surface area contributed by atoms with E-state index in [4.69, 9.17) is 0 Å². The maximum atomic E-state index is 12.4. The molecule has 0 aromatic heterocycles. The van der Waals surface area contributed by atoms with E-state index in [1.54, 1.807) is 4.90 Å². The Kier molecular flexibility index (Phi) is 5.61. The lowest BCUT2D eigenvalue weighted by Crippen LogP contribution is -2.32. The summed E-state index contributed by atoms with van der Waals surface area (Å²) in [4.78, 5) is 26.0. The van der Waals surface area contributed by atoms with E-state index in [-0.39, 0.29) is 11.8 Å². The number of benzene rings is 2. The predicted molar refractivity (Wildman–Crippen MR) is 109 cm³/mol. The quantitative estimate of drug-likeness (QED) is 0.763. The minimum atomic E-state index is -0.400. The Morgan fingerprint density at radius 3 is 2.54 bits per heavy atom. The predicted octanol–water partition coefficient (Wildman–Crippen LogP) is 4.32. The van der Waals surface area contributed by atoms with E-state index < -0.39 is 6.04 Å². The van der Waals surface area contributed by atoms with Crippen LogP contribution in [0, 0.1) is 6.92 Å². The van der Waals surface area contributed by atoms with Gasteiger partial charge in [-0.3, -0.25) is 9.59 Å². The number of amides is 2. The van der Waals surface area contributed by atoms with Crippen LogP contribution in [0.3, 0.4) is 0 Å². The Bertz CT molecular complexity index is 820. The summed E-state index contributed by atoms with van der Waals surface area (Å²) in [6, 6.07) is 13.0. The number of hydrogen-bond donors (Lipinski definition) is 2. The second-order valence-corrected chi connectivity index (χ2v) is 7.39. The summed E-state index contributed by atoms with van der Waals surface area (Å²) in [5.41, 5.74) is 3.61. The number of aryl methyl sites for hydroxylation is 1. The van der Waals surface area contributed by atoms with Crippen molar-refractivity contribution in [3.8, 4) is 0 Å². The van der Waals surface area contributed by atoms with E-state index in [1.807, 2.05) is 56.3 Å². The van der Waals surface area contributed by atoms with Gasteiger partial charge in [-0.05, 0) is 78.2 Å². The molecule has 1 atom stereocenters. The van der Waals surface area contributed by atoms with Crippen LogP contribution < -0.4 is 15.5 Å². The molecule has 1 aliphatic rings. The highest BCUT2D eigenvalue weighted by molar-refractivity contribution is 9.10. The van der Waals surface area contributed by atoms with Gasteiger partial charge in [0, 0.05) is 28.8 Å². The summed E-state index contributed by atoms with van der Waals surface area (Å²) >= 11 is 3.47. The zero-order valence-electron chi connectivity index (χ0n) is 14.9. The first-order valence-electron chi connectivity index (χ1n) is 8.68. The molecule has 1 aliphatic heterocycles. The molecule has 2 N–H and O–H groups in total. The van der Waals surface area contributed by atoms with Crippen LogP contribution >= 0.6 is 15.9 Å². The number of carbonyl (C=O) groups excluding carboxylic acids is 2. The van der Waals surface area contributed by atoms with Crippen molar-refractivity contribution in [1.82, 2.24) is 0 Å². The minimum absolute atomic E-state index is 0.117. The number of rotatable bonds is 5. The lowest BCUT2D eigenvalue weighted by Gasteiger charge is -2.18.